The molecule has 0 bridgehead atoms. The molecule has 2 aromatic carbocycles. The third kappa shape index (κ3) is 6.24. The Hall–Kier alpha value is -3.13. The second-order valence-corrected chi connectivity index (χ2v) is 6.25. The number of carbonyl (C=O) groups excluding carboxylic acids is 1. The van der Waals surface area contributed by atoms with Crippen LogP contribution in [0.1, 0.15) is 18.9 Å². The van der Waals surface area contributed by atoms with E-state index in [1.807, 2.05) is 43.1 Å². The zero-order valence-electron chi connectivity index (χ0n) is 16.3. The summed E-state index contributed by atoms with van der Waals surface area (Å²) in [6.45, 7) is 3.85. The van der Waals surface area contributed by atoms with Crippen molar-refractivity contribution in [2.75, 3.05) is 32.6 Å². The summed E-state index contributed by atoms with van der Waals surface area (Å²) in [5.41, 5.74) is 1.45. The van der Waals surface area contributed by atoms with Crippen molar-refractivity contribution in [3.63, 3.8) is 0 Å². The molecule has 0 radical (unpaired) electrons. The highest BCUT2D eigenvalue weighted by molar-refractivity contribution is 5.92. The Labute approximate surface area is 164 Å². The minimum Gasteiger partial charge on any atom is -0.494 e. The third-order valence-electron chi connectivity index (χ3n) is 4.08. The lowest BCUT2D eigenvalue weighted by Gasteiger charge is -2.17. The van der Waals surface area contributed by atoms with E-state index >= 15 is 0 Å². The lowest BCUT2D eigenvalue weighted by Crippen LogP contribution is -2.24. The third-order valence-corrected chi connectivity index (χ3v) is 4.08. The van der Waals surface area contributed by atoms with Crippen molar-refractivity contribution < 1.29 is 19.2 Å². The van der Waals surface area contributed by atoms with Crippen molar-refractivity contribution in [1.82, 2.24) is 4.90 Å². The summed E-state index contributed by atoms with van der Waals surface area (Å²) in [5.74, 6) is 0.904. The van der Waals surface area contributed by atoms with Crippen LogP contribution in [0.4, 0.5) is 11.4 Å². The summed E-state index contributed by atoms with van der Waals surface area (Å²) in [6.07, 6.45) is 0.285. The standard InChI is InChI=1S/C20H25N3O5/c1-4-28-17-8-5-15(6-9-17)14-22(2)12-11-20(24)21-18-10-7-16(23(25)26)13-19(18)27-3/h5-10,13H,4,11-12,14H2,1-3H3,(H,21,24). The molecule has 0 aliphatic rings. The molecule has 2 aromatic rings. The predicted octanol–water partition coefficient (Wildman–Crippen LogP) is 3.46. The lowest BCUT2D eigenvalue weighted by molar-refractivity contribution is -0.384. The van der Waals surface area contributed by atoms with Gasteiger partial charge in [-0.15, -0.1) is 0 Å². The van der Waals surface area contributed by atoms with E-state index in [-0.39, 0.29) is 23.8 Å². The number of ether oxygens (including phenoxy) is 2. The maximum absolute atomic E-state index is 12.2. The number of rotatable bonds is 10. The number of nitrogens with zero attached hydrogens (tertiary/aromatic N) is 2. The second-order valence-electron chi connectivity index (χ2n) is 6.25. The molecule has 1 amide bonds. The average Bonchev–Trinajstić information content (AvgIpc) is 2.68. The van der Waals surface area contributed by atoms with Gasteiger partial charge < -0.3 is 19.7 Å². The highest BCUT2D eigenvalue weighted by atomic mass is 16.6. The van der Waals surface area contributed by atoms with Crippen LogP contribution >= 0.6 is 0 Å². The maximum Gasteiger partial charge on any atom is 0.273 e. The first-order valence-corrected chi connectivity index (χ1v) is 8.95. The van der Waals surface area contributed by atoms with E-state index in [1.165, 1.54) is 25.3 Å². The van der Waals surface area contributed by atoms with Gasteiger partial charge >= 0.3 is 0 Å². The number of anilines is 1. The monoisotopic (exact) mass is 387 g/mol. The van der Waals surface area contributed by atoms with Gasteiger partial charge in [-0.2, -0.15) is 0 Å². The fourth-order valence-corrected chi connectivity index (χ4v) is 2.65. The Balaban J connectivity index is 1.85. The van der Waals surface area contributed by atoms with Crippen molar-refractivity contribution in [2.24, 2.45) is 0 Å². The largest absolute Gasteiger partial charge is 0.494 e. The van der Waals surface area contributed by atoms with E-state index in [0.717, 1.165) is 11.3 Å². The van der Waals surface area contributed by atoms with Gasteiger partial charge in [-0.05, 0) is 37.7 Å². The summed E-state index contributed by atoms with van der Waals surface area (Å²) in [6, 6.07) is 12.0. The molecule has 0 fully saturated rings. The second kappa shape index (κ2) is 10.3. The Bertz CT molecular complexity index is 808. The molecule has 0 aromatic heterocycles. The average molecular weight is 387 g/mol. The Kier molecular flexibility index (Phi) is 7.76. The van der Waals surface area contributed by atoms with E-state index in [9.17, 15) is 14.9 Å². The summed E-state index contributed by atoms with van der Waals surface area (Å²) < 4.78 is 10.6. The van der Waals surface area contributed by atoms with Gasteiger partial charge in [-0.25, -0.2) is 0 Å². The van der Waals surface area contributed by atoms with Crippen LogP contribution in [0.5, 0.6) is 11.5 Å². The van der Waals surface area contributed by atoms with Crippen molar-refractivity contribution >= 4 is 17.3 Å². The molecule has 0 saturated heterocycles. The summed E-state index contributed by atoms with van der Waals surface area (Å²) in [4.78, 5) is 24.6. The zero-order valence-corrected chi connectivity index (χ0v) is 16.3. The molecule has 0 heterocycles. The van der Waals surface area contributed by atoms with E-state index in [0.29, 0.717) is 25.4 Å². The van der Waals surface area contributed by atoms with Crippen molar-refractivity contribution in [1.29, 1.82) is 0 Å². The molecule has 150 valence electrons. The molecule has 0 unspecified atom stereocenters. The zero-order chi connectivity index (χ0) is 20.5. The van der Waals surface area contributed by atoms with Crippen LogP contribution in [0.25, 0.3) is 0 Å². The SMILES string of the molecule is CCOc1ccc(CN(C)CCC(=O)Nc2ccc([N+](=O)[O-])cc2OC)cc1. The molecule has 0 atom stereocenters. The van der Waals surface area contributed by atoms with Gasteiger partial charge in [0.1, 0.15) is 11.5 Å². The first-order chi connectivity index (χ1) is 13.4. The van der Waals surface area contributed by atoms with Gasteiger partial charge in [-0.1, -0.05) is 12.1 Å². The number of methoxy groups -OCH3 is 1. The molecular weight excluding hydrogens is 362 g/mol. The van der Waals surface area contributed by atoms with E-state index in [4.69, 9.17) is 9.47 Å². The van der Waals surface area contributed by atoms with Crippen molar-refractivity contribution in [3.05, 3.63) is 58.1 Å². The topological polar surface area (TPSA) is 93.9 Å². The van der Waals surface area contributed by atoms with E-state index in [1.54, 1.807) is 0 Å². The fraction of sp³-hybridized carbons (Fsp3) is 0.350. The van der Waals surface area contributed by atoms with Crippen LogP contribution < -0.4 is 14.8 Å². The van der Waals surface area contributed by atoms with Crippen molar-refractivity contribution in [3.8, 4) is 11.5 Å². The number of non-ortho nitro benzene ring substituents is 1. The predicted molar refractivity (Wildman–Crippen MR) is 107 cm³/mol. The quantitative estimate of drug-likeness (QED) is 0.496. The first-order valence-electron chi connectivity index (χ1n) is 8.95. The van der Waals surface area contributed by atoms with E-state index in [2.05, 4.69) is 5.32 Å². The first kappa shape index (κ1) is 21.2. The van der Waals surface area contributed by atoms with Crippen LogP contribution in [0, 0.1) is 10.1 Å². The Morgan fingerprint density at radius 2 is 1.93 bits per heavy atom. The molecule has 8 heteroatoms. The maximum atomic E-state index is 12.2. The summed E-state index contributed by atoms with van der Waals surface area (Å²) in [7, 11) is 3.34. The molecule has 0 saturated carbocycles. The smallest absolute Gasteiger partial charge is 0.273 e. The van der Waals surface area contributed by atoms with Crippen molar-refractivity contribution in [2.45, 2.75) is 19.9 Å². The minimum absolute atomic E-state index is 0.0927. The number of benzene rings is 2. The molecule has 1 N–H and O–H groups in total. The van der Waals surface area contributed by atoms with Crippen LogP contribution in [-0.2, 0) is 11.3 Å². The molecule has 2 rings (SSSR count). The van der Waals surface area contributed by atoms with Gasteiger partial charge in [0.15, 0.2) is 0 Å². The number of nitro groups is 1. The van der Waals surface area contributed by atoms with Gasteiger partial charge in [0.2, 0.25) is 5.91 Å². The van der Waals surface area contributed by atoms with Crippen LogP contribution in [0.2, 0.25) is 0 Å². The number of nitrogens with one attached hydrogen (secondary N) is 1. The fourth-order valence-electron chi connectivity index (χ4n) is 2.65. The summed E-state index contributed by atoms with van der Waals surface area (Å²) in [5, 5.41) is 13.6. The molecule has 0 spiro atoms. The molecule has 28 heavy (non-hydrogen) atoms. The van der Waals surface area contributed by atoms with E-state index < -0.39 is 4.92 Å². The Morgan fingerprint density at radius 1 is 1.21 bits per heavy atom. The summed E-state index contributed by atoms with van der Waals surface area (Å²) >= 11 is 0. The molecule has 8 nitrogen and oxygen atoms in total. The molecule has 0 aliphatic heterocycles. The number of hydrogen-bond acceptors (Lipinski definition) is 6. The molecular formula is C20H25N3O5. The normalized spacial score (nSPS) is 10.6. The van der Waals surface area contributed by atoms with Gasteiger partial charge in [0.05, 0.1) is 30.4 Å². The van der Waals surface area contributed by atoms with Gasteiger partial charge in [0.25, 0.3) is 5.69 Å². The van der Waals surface area contributed by atoms with Crippen LogP contribution in [0.3, 0.4) is 0 Å². The number of hydrogen-bond donors (Lipinski definition) is 1. The highest BCUT2D eigenvalue weighted by Gasteiger charge is 2.14. The van der Waals surface area contributed by atoms with Gasteiger partial charge in [0, 0.05) is 25.6 Å². The lowest BCUT2D eigenvalue weighted by atomic mass is 10.2. The van der Waals surface area contributed by atoms with Gasteiger partial charge in [-0.3, -0.25) is 14.9 Å². The minimum atomic E-state index is -0.510. The molecule has 0 aliphatic carbocycles. The number of nitro benzene ring substituents is 1. The Morgan fingerprint density at radius 3 is 2.54 bits per heavy atom. The number of amides is 1. The highest BCUT2D eigenvalue weighted by Crippen LogP contribution is 2.29. The number of carbonyl (C=O) groups is 1. The van der Waals surface area contributed by atoms with Crippen LogP contribution in [-0.4, -0.2) is 43.0 Å². The van der Waals surface area contributed by atoms with Crippen LogP contribution in [0.15, 0.2) is 42.5 Å².